The first-order valence-electron chi connectivity index (χ1n) is 39.6. The number of aliphatic hydroxyl groups excluding tert-OH is 4. The zero-order valence-electron chi connectivity index (χ0n) is 68.1. The molecule has 4 aliphatic rings. The van der Waals surface area contributed by atoms with E-state index in [1.165, 1.54) is 146 Å². The summed E-state index contributed by atoms with van der Waals surface area (Å²) in [7, 11) is 1.40. The SMILES string of the molecule is CC(C)C(CO)(CO)CO.CC(C)C(CO)Cc1ccccc1.CC(C)CC1CCOCC1.CC(C)CCCC1CCN(c2ccccc2)CC1.CC(C)CCCN1CCN(c2ccccc2)CC1.CC(C)N1CCOCC1.CCC(C)C(C)C.COC(=O)c1cccc(CC(C)C)c1.O=C=O. The van der Waals surface area contributed by atoms with Gasteiger partial charge in [0.15, 0.2) is 0 Å². The number of carbonyl (C=O) groups excluding carboxylic acids is 3. The minimum absolute atomic E-state index is 0.0903. The number of para-hydroxylation sites is 2. The van der Waals surface area contributed by atoms with Crippen LogP contribution in [0.3, 0.4) is 0 Å². The van der Waals surface area contributed by atoms with Crippen molar-refractivity contribution < 1.29 is 49.0 Å². The van der Waals surface area contributed by atoms with Crippen LogP contribution in [0.25, 0.3) is 0 Å². The van der Waals surface area contributed by atoms with Gasteiger partial charge in [0.2, 0.25) is 0 Å². The molecular weight excluding hydrogens is 1270 g/mol. The topological polar surface area (TPSA) is 173 Å². The third-order valence-electron chi connectivity index (χ3n) is 20.3. The highest BCUT2D eigenvalue weighted by Gasteiger charge is 2.31. The molecule has 14 nitrogen and oxygen atoms in total. The smallest absolute Gasteiger partial charge is 0.373 e. The van der Waals surface area contributed by atoms with Gasteiger partial charge in [-0.3, -0.25) is 9.80 Å². The average Bonchev–Trinajstić information content (AvgIpc) is 0.884. The van der Waals surface area contributed by atoms with Gasteiger partial charge in [0.05, 0.1) is 45.7 Å². The van der Waals surface area contributed by atoms with E-state index in [0.717, 1.165) is 93.8 Å². The van der Waals surface area contributed by atoms with Crippen LogP contribution >= 0.6 is 0 Å². The molecule has 4 aromatic rings. The summed E-state index contributed by atoms with van der Waals surface area (Å²) in [5.74, 6) is 7.63. The molecule has 0 aliphatic carbocycles. The summed E-state index contributed by atoms with van der Waals surface area (Å²) in [5.41, 5.74) is 5.20. The Morgan fingerprint density at radius 1 is 0.529 bits per heavy atom. The maximum absolute atomic E-state index is 11.2. The molecule has 0 amide bonds. The molecule has 2 atom stereocenters. The Morgan fingerprint density at radius 3 is 1.38 bits per heavy atom. The lowest BCUT2D eigenvalue weighted by Gasteiger charge is -2.36. The highest BCUT2D eigenvalue weighted by atomic mass is 16.5. The Kier molecular flexibility index (Phi) is 57.2. The van der Waals surface area contributed by atoms with Gasteiger partial charge in [-0.25, -0.2) is 4.79 Å². The van der Waals surface area contributed by atoms with E-state index in [4.69, 9.17) is 39.5 Å². The van der Waals surface area contributed by atoms with Crippen molar-refractivity contribution in [3.05, 3.63) is 132 Å². The largest absolute Gasteiger partial charge is 0.465 e. The van der Waals surface area contributed by atoms with Crippen LogP contribution in [0.2, 0.25) is 0 Å². The molecule has 0 saturated carbocycles. The van der Waals surface area contributed by atoms with E-state index in [2.05, 4.69) is 208 Å². The minimum atomic E-state index is -0.708. The van der Waals surface area contributed by atoms with Gasteiger partial charge in [-0.05, 0) is 191 Å². The maximum atomic E-state index is 11.2. The van der Waals surface area contributed by atoms with Crippen LogP contribution in [-0.2, 0) is 36.6 Å². The number of piperazine rings is 1. The number of hydrogen-bond donors (Lipinski definition) is 4. The van der Waals surface area contributed by atoms with Crippen LogP contribution in [0, 0.1) is 70.5 Å². The van der Waals surface area contributed by atoms with E-state index in [-0.39, 0.29) is 44.5 Å². The zero-order chi connectivity index (χ0) is 76.7. The van der Waals surface area contributed by atoms with Crippen molar-refractivity contribution >= 4 is 23.5 Å². The van der Waals surface area contributed by atoms with E-state index in [0.29, 0.717) is 29.4 Å². The standard InChI is InChI=1S/C17H27N.C16H26N2.C12H16O2.C12H18O.C9H18O.C7H15NO.C7H16O3.C7H16.CO2/c1-15(2)7-6-8-16-11-13-18(14-12-16)17-9-4-3-5-10-17;1-15(2)7-6-10-17-11-13-18(14-12-17)16-8-4-3-5-9-16;1-9(2)7-10-5-4-6-11(8-10)12(13)14-3;1-10(2)12(9-13)8-11-6-4-3-5-7-11;1-8(2)7-9-3-5-10-6-4-9;1-7(2)8-3-5-9-6-4-8;1-6(2)7(3-8,4-9)5-10;1-5-7(4)6(2)3;2-1-3/h3-5,9-10,15-16H,6-8,11-14H2,1-2H3;3-5,8-9,15H,6-7,10-14H2,1-2H3;4-6,8-9H,7H2,1-3H3;3-7,10,12-13H,8-9H2,1-2H3;8-9H,3-7H2,1-2H3;7H,3-6H2,1-2H3;6,8-10H,3-5H2,1-2H3;6-7H,5H2,1-4H3;. The summed E-state index contributed by atoms with van der Waals surface area (Å²) in [4.78, 5) is 37.6. The van der Waals surface area contributed by atoms with Crippen molar-refractivity contribution in [3.63, 3.8) is 0 Å². The van der Waals surface area contributed by atoms with Crippen LogP contribution in [0.1, 0.15) is 217 Å². The molecule has 0 bridgehead atoms. The van der Waals surface area contributed by atoms with Crippen molar-refractivity contribution in [3.8, 4) is 0 Å². The van der Waals surface area contributed by atoms with Crippen LogP contribution < -0.4 is 9.80 Å². The summed E-state index contributed by atoms with van der Waals surface area (Å²) >= 11 is 0. The predicted molar refractivity (Wildman–Crippen MR) is 429 cm³/mol. The zero-order valence-corrected chi connectivity index (χ0v) is 68.1. The molecule has 2 unspecified atom stereocenters. The Bertz CT molecular complexity index is 2470. The van der Waals surface area contributed by atoms with Gasteiger partial charge >= 0.3 is 12.1 Å². The molecular formula is C88H152N4O10. The summed E-state index contributed by atoms with van der Waals surface area (Å²) in [5, 5.41) is 35.6. The Morgan fingerprint density at radius 2 is 1.00 bits per heavy atom. The van der Waals surface area contributed by atoms with Gasteiger partial charge in [-0.2, -0.15) is 9.59 Å². The second kappa shape index (κ2) is 60.2. The quantitative estimate of drug-likeness (QED) is 0.0438. The number of morpholine rings is 1. The molecule has 14 heteroatoms. The highest BCUT2D eigenvalue weighted by molar-refractivity contribution is 5.89. The third kappa shape index (κ3) is 46.8. The second-order valence-corrected chi connectivity index (χ2v) is 31.6. The summed E-state index contributed by atoms with van der Waals surface area (Å²) in [6, 6.07) is 40.3. The first-order valence-corrected chi connectivity index (χ1v) is 39.6. The second-order valence-electron chi connectivity index (χ2n) is 31.6. The summed E-state index contributed by atoms with van der Waals surface area (Å²) in [6.45, 7) is 54.1. The van der Waals surface area contributed by atoms with Crippen molar-refractivity contribution in [2.75, 3.05) is 129 Å². The molecule has 4 N–H and O–H groups in total. The average molecular weight is 1430 g/mol. The minimum Gasteiger partial charge on any atom is -0.465 e. The molecule has 4 aromatic carbocycles. The monoisotopic (exact) mass is 1430 g/mol. The molecule has 0 radical (unpaired) electrons. The van der Waals surface area contributed by atoms with Crippen molar-refractivity contribution in [2.24, 2.45) is 70.5 Å². The number of esters is 1. The fraction of sp³-hybridized carbons (Fsp3) is 0.705. The van der Waals surface area contributed by atoms with Crippen LogP contribution in [0.5, 0.6) is 0 Å². The van der Waals surface area contributed by atoms with Gasteiger partial charge in [0.1, 0.15) is 0 Å². The lowest BCUT2D eigenvalue weighted by atomic mass is 9.79. The van der Waals surface area contributed by atoms with Crippen LogP contribution in [-0.4, -0.2) is 167 Å². The lowest BCUT2D eigenvalue weighted by molar-refractivity contribution is -0.191. The van der Waals surface area contributed by atoms with Gasteiger partial charge in [0.25, 0.3) is 0 Å². The third-order valence-corrected chi connectivity index (χ3v) is 20.3. The molecule has 0 aromatic heterocycles. The number of nitrogens with zero attached hydrogens (tertiary/aromatic N) is 4. The predicted octanol–water partition coefficient (Wildman–Crippen LogP) is 18.0. The molecule has 4 aliphatic heterocycles. The number of methoxy groups -OCH3 is 1. The molecule has 102 heavy (non-hydrogen) atoms. The van der Waals surface area contributed by atoms with E-state index >= 15 is 0 Å². The van der Waals surface area contributed by atoms with Crippen LogP contribution in [0.4, 0.5) is 11.4 Å². The number of ether oxygens (including phenoxy) is 3. The number of rotatable bonds is 26. The van der Waals surface area contributed by atoms with E-state index in [1.54, 1.807) is 6.07 Å². The van der Waals surface area contributed by atoms with Gasteiger partial charge in [-0.1, -0.05) is 215 Å². The number of piperidine rings is 1. The molecule has 8 rings (SSSR count). The van der Waals surface area contributed by atoms with Crippen molar-refractivity contribution in [2.45, 2.75) is 214 Å². The van der Waals surface area contributed by atoms with E-state index in [9.17, 15) is 4.79 Å². The number of anilines is 2. The highest BCUT2D eigenvalue weighted by Crippen LogP contribution is 2.28. The molecule has 4 heterocycles. The molecule has 0 spiro atoms. The maximum Gasteiger partial charge on any atom is 0.373 e. The Balaban J connectivity index is 0.00000116. The van der Waals surface area contributed by atoms with E-state index in [1.807, 2.05) is 50.2 Å². The van der Waals surface area contributed by atoms with Gasteiger partial charge in [-0.15, -0.1) is 0 Å². The summed E-state index contributed by atoms with van der Waals surface area (Å²) < 4.78 is 15.1. The van der Waals surface area contributed by atoms with Crippen molar-refractivity contribution in [1.82, 2.24) is 9.80 Å². The van der Waals surface area contributed by atoms with E-state index < -0.39 is 5.41 Å². The van der Waals surface area contributed by atoms with Crippen molar-refractivity contribution in [1.29, 1.82) is 0 Å². The Labute approximate surface area is 624 Å². The fourth-order valence-electron chi connectivity index (χ4n) is 12.3. The molecule has 584 valence electrons. The number of aliphatic hydroxyl groups is 4. The summed E-state index contributed by atoms with van der Waals surface area (Å²) in [6.07, 6.45) is 17.3. The van der Waals surface area contributed by atoms with Gasteiger partial charge in [0, 0.05) is 95.0 Å². The van der Waals surface area contributed by atoms with Crippen LogP contribution in [0.15, 0.2) is 115 Å². The fourth-order valence-corrected chi connectivity index (χ4v) is 12.3. The number of hydrogen-bond acceptors (Lipinski definition) is 14. The number of benzene rings is 4. The first-order chi connectivity index (χ1) is 48.7. The lowest BCUT2D eigenvalue weighted by Crippen LogP contribution is -2.46. The normalized spacial score (nSPS) is 15.8. The first kappa shape index (κ1) is 97.0. The number of carbonyl (C=O) groups is 1. The molecule has 4 fully saturated rings. The van der Waals surface area contributed by atoms with Gasteiger partial charge < -0.3 is 44.4 Å². The molecule has 4 saturated heterocycles. The Hall–Kier alpha value is -4.99.